The first kappa shape index (κ1) is 17.5. The average molecular weight is 327 g/mol. The molecule has 0 aliphatic heterocycles. The molecule has 5 heteroatoms. The van der Waals surface area contributed by atoms with Crippen molar-refractivity contribution in [3.8, 4) is 5.75 Å². The Bertz CT molecular complexity index is 708. The molecule has 2 rings (SSSR count). The first-order valence-corrected chi connectivity index (χ1v) is 7.70. The van der Waals surface area contributed by atoms with Crippen LogP contribution in [-0.4, -0.2) is 25.6 Å². The van der Waals surface area contributed by atoms with Crippen molar-refractivity contribution in [2.75, 3.05) is 19.0 Å². The summed E-state index contributed by atoms with van der Waals surface area (Å²) in [5.41, 5.74) is 2.34. The van der Waals surface area contributed by atoms with Gasteiger partial charge in [0.05, 0.1) is 12.7 Å². The van der Waals surface area contributed by atoms with Gasteiger partial charge in [-0.05, 0) is 47.9 Å². The summed E-state index contributed by atoms with van der Waals surface area (Å²) in [6, 6.07) is 14.2. The van der Waals surface area contributed by atoms with E-state index < -0.39 is 5.97 Å². The van der Waals surface area contributed by atoms with Crippen LogP contribution in [0.5, 0.6) is 5.75 Å². The molecular weight excluding hydrogens is 306 g/mol. The van der Waals surface area contributed by atoms with Crippen molar-refractivity contribution < 1.29 is 19.1 Å². The first-order valence-electron chi connectivity index (χ1n) is 7.70. The molecule has 1 amide bonds. The van der Waals surface area contributed by atoms with Gasteiger partial charge >= 0.3 is 5.97 Å². The van der Waals surface area contributed by atoms with Crippen molar-refractivity contribution >= 4 is 17.6 Å². The lowest BCUT2D eigenvalue weighted by Gasteiger charge is -2.10. The number of nitrogens with one attached hydrogen (secondary N) is 1. The summed E-state index contributed by atoms with van der Waals surface area (Å²) in [5.74, 6) is 0.248. The molecule has 0 radical (unpaired) electrons. The van der Waals surface area contributed by atoms with Gasteiger partial charge in [0, 0.05) is 5.69 Å². The van der Waals surface area contributed by atoms with Gasteiger partial charge in [0.25, 0.3) is 5.91 Å². The van der Waals surface area contributed by atoms with Crippen molar-refractivity contribution in [1.82, 2.24) is 0 Å². The molecule has 0 atom stereocenters. The van der Waals surface area contributed by atoms with Gasteiger partial charge in [-0.1, -0.05) is 26.0 Å². The normalized spacial score (nSPS) is 10.3. The van der Waals surface area contributed by atoms with Gasteiger partial charge in [-0.3, -0.25) is 4.79 Å². The van der Waals surface area contributed by atoms with Gasteiger partial charge in [-0.25, -0.2) is 4.79 Å². The second-order valence-electron chi connectivity index (χ2n) is 5.63. The molecule has 126 valence electrons. The van der Waals surface area contributed by atoms with Crippen LogP contribution < -0.4 is 10.1 Å². The van der Waals surface area contributed by atoms with Crippen molar-refractivity contribution in [2.24, 2.45) is 0 Å². The van der Waals surface area contributed by atoms with Crippen molar-refractivity contribution in [3.05, 3.63) is 59.7 Å². The Hall–Kier alpha value is -2.82. The van der Waals surface area contributed by atoms with E-state index in [1.807, 2.05) is 24.3 Å². The van der Waals surface area contributed by atoms with Crippen LogP contribution in [0.2, 0.25) is 0 Å². The van der Waals surface area contributed by atoms with Crippen LogP contribution in [0.4, 0.5) is 5.69 Å². The van der Waals surface area contributed by atoms with E-state index in [9.17, 15) is 9.59 Å². The molecule has 0 aliphatic rings. The van der Waals surface area contributed by atoms with Gasteiger partial charge in [0.15, 0.2) is 6.61 Å². The molecule has 0 saturated heterocycles. The maximum atomic E-state index is 12.0. The number of carbonyl (C=O) groups excluding carboxylic acids is 2. The Kier molecular flexibility index (Phi) is 5.95. The van der Waals surface area contributed by atoms with E-state index in [1.165, 1.54) is 7.11 Å². The summed E-state index contributed by atoms with van der Waals surface area (Å²) in [5, 5.41) is 2.81. The maximum absolute atomic E-state index is 12.0. The minimum absolute atomic E-state index is 0.108. The van der Waals surface area contributed by atoms with Crippen molar-refractivity contribution in [2.45, 2.75) is 19.8 Å². The predicted octanol–water partition coefficient (Wildman–Crippen LogP) is 3.61. The second-order valence-corrected chi connectivity index (χ2v) is 5.63. The zero-order valence-electron chi connectivity index (χ0n) is 14.0. The largest absolute Gasteiger partial charge is 0.484 e. The minimum atomic E-state index is -0.413. The molecule has 0 fully saturated rings. The summed E-state index contributed by atoms with van der Waals surface area (Å²) >= 11 is 0. The number of hydrogen-bond acceptors (Lipinski definition) is 4. The molecule has 0 heterocycles. The number of carbonyl (C=O) groups is 2. The highest BCUT2D eigenvalue weighted by Crippen LogP contribution is 2.18. The van der Waals surface area contributed by atoms with E-state index in [-0.39, 0.29) is 12.5 Å². The van der Waals surface area contributed by atoms with Crippen molar-refractivity contribution in [1.29, 1.82) is 0 Å². The lowest BCUT2D eigenvalue weighted by atomic mass is 10.0. The highest BCUT2D eigenvalue weighted by Gasteiger charge is 2.07. The first-order chi connectivity index (χ1) is 11.5. The molecule has 1 N–H and O–H groups in total. The smallest absolute Gasteiger partial charge is 0.337 e. The fourth-order valence-electron chi connectivity index (χ4n) is 2.13. The van der Waals surface area contributed by atoms with Crippen LogP contribution >= 0.6 is 0 Å². The fraction of sp³-hybridized carbons (Fsp3) is 0.263. The van der Waals surface area contributed by atoms with Gasteiger partial charge in [-0.15, -0.1) is 0 Å². The summed E-state index contributed by atoms with van der Waals surface area (Å²) in [6.45, 7) is 4.09. The predicted molar refractivity (Wildman–Crippen MR) is 92.4 cm³/mol. The quantitative estimate of drug-likeness (QED) is 0.823. The number of amides is 1. The third-order valence-electron chi connectivity index (χ3n) is 3.48. The molecule has 2 aromatic carbocycles. The van der Waals surface area contributed by atoms with Crippen LogP contribution in [0.15, 0.2) is 48.5 Å². The summed E-state index contributed by atoms with van der Waals surface area (Å²) in [4.78, 5) is 23.3. The average Bonchev–Trinajstić information content (AvgIpc) is 2.60. The van der Waals surface area contributed by atoms with Gasteiger partial charge in [-0.2, -0.15) is 0 Å². The third kappa shape index (κ3) is 4.84. The Morgan fingerprint density at radius 3 is 2.42 bits per heavy atom. The van der Waals surface area contributed by atoms with Gasteiger partial charge < -0.3 is 14.8 Å². The van der Waals surface area contributed by atoms with E-state index in [1.54, 1.807) is 24.3 Å². The van der Waals surface area contributed by atoms with Crippen LogP contribution in [0.25, 0.3) is 0 Å². The second kappa shape index (κ2) is 8.15. The monoisotopic (exact) mass is 327 g/mol. The lowest BCUT2D eigenvalue weighted by molar-refractivity contribution is -0.118. The lowest BCUT2D eigenvalue weighted by Crippen LogP contribution is -2.20. The highest BCUT2D eigenvalue weighted by molar-refractivity contribution is 5.92. The molecule has 0 spiro atoms. The van der Waals surface area contributed by atoms with Gasteiger partial charge in [0.2, 0.25) is 0 Å². The summed E-state index contributed by atoms with van der Waals surface area (Å²) in [6.07, 6.45) is 0. The number of anilines is 1. The van der Waals surface area contributed by atoms with Crippen molar-refractivity contribution in [3.63, 3.8) is 0 Å². The Balaban J connectivity index is 1.89. The molecule has 2 aromatic rings. The number of esters is 1. The molecule has 0 aromatic heterocycles. The molecule has 0 aliphatic carbocycles. The Morgan fingerprint density at radius 2 is 1.79 bits per heavy atom. The number of benzene rings is 2. The molecule has 0 bridgehead atoms. The van der Waals surface area contributed by atoms with E-state index >= 15 is 0 Å². The van der Waals surface area contributed by atoms with Gasteiger partial charge in [0.1, 0.15) is 5.75 Å². The van der Waals surface area contributed by atoms with Crippen LogP contribution in [0, 0.1) is 0 Å². The molecule has 0 saturated carbocycles. The SMILES string of the molecule is COC(=O)c1ccc(OCC(=O)Nc2cccc(C(C)C)c2)cc1. The zero-order valence-corrected chi connectivity index (χ0v) is 14.0. The molecule has 0 unspecified atom stereocenters. The number of rotatable bonds is 6. The maximum Gasteiger partial charge on any atom is 0.337 e. The number of hydrogen-bond donors (Lipinski definition) is 1. The van der Waals surface area contributed by atoms with Crippen LogP contribution in [0.1, 0.15) is 35.7 Å². The van der Waals surface area contributed by atoms with E-state index in [2.05, 4.69) is 23.9 Å². The summed E-state index contributed by atoms with van der Waals surface area (Å²) in [7, 11) is 1.32. The van der Waals surface area contributed by atoms with Crippen LogP contribution in [-0.2, 0) is 9.53 Å². The number of ether oxygens (including phenoxy) is 2. The Morgan fingerprint density at radius 1 is 1.08 bits per heavy atom. The van der Waals surface area contributed by atoms with E-state index in [0.717, 1.165) is 11.3 Å². The molecule has 24 heavy (non-hydrogen) atoms. The standard InChI is InChI=1S/C19H21NO4/c1-13(2)15-5-4-6-16(11-15)20-18(21)12-24-17-9-7-14(8-10-17)19(22)23-3/h4-11,13H,12H2,1-3H3,(H,20,21). The molecular formula is C19H21NO4. The number of methoxy groups -OCH3 is 1. The highest BCUT2D eigenvalue weighted by atomic mass is 16.5. The topological polar surface area (TPSA) is 64.6 Å². The summed E-state index contributed by atoms with van der Waals surface area (Å²) < 4.78 is 10.0. The van der Waals surface area contributed by atoms with E-state index in [4.69, 9.17) is 4.74 Å². The minimum Gasteiger partial charge on any atom is -0.484 e. The Labute approximate surface area is 141 Å². The van der Waals surface area contributed by atoms with E-state index in [0.29, 0.717) is 17.2 Å². The fourth-order valence-corrected chi connectivity index (χ4v) is 2.13. The van der Waals surface area contributed by atoms with Crippen LogP contribution in [0.3, 0.4) is 0 Å². The molecule has 5 nitrogen and oxygen atoms in total. The zero-order chi connectivity index (χ0) is 17.5. The third-order valence-corrected chi connectivity index (χ3v) is 3.48.